The molecule has 0 bridgehead atoms. The number of hydrogen-bond acceptors (Lipinski definition) is 4. The van der Waals surface area contributed by atoms with Crippen LogP contribution in [0.2, 0.25) is 10.0 Å². The molecular weight excluding hydrogens is 411 g/mol. The summed E-state index contributed by atoms with van der Waals surface area (Å²) >= 11 is 11.8. The summed E-state index contributed by atoms with van der Waals surface area (Å²) in [5.41, 5.74) is 1.53. The number of methoxy groups -OCH3 is 1. The second-order valence-corrected chi connectivity index (χ2v) is 8.70. The largest absolute Gasteiger partial charge is 0.495 e. The normalized spacial score (nSPS) is 12.4. The summed E-state index contributed by atoms with van der Waals surface area (Å²) < 4.78 is 31.2. The number of carbonyl (C=O) groups excluding carboxylic acids is 1. The molecule has 1 N–H and O–H groups in total. The van der Waals surface area contributed by atoms with E-state index in [-0.39, 0.29) is 10.7 Å². The van der Waals surface area contributed by atoms with Crippen LogP contribution in [0.25, 0.3) is 0 Å². The van der Waals surface area contributed by atoms with Crippen molar-refractivity contribution in [2.45, 2.75) is 19.9 Å². The van der Waals surface area contributed by atoms with Crippen molar-refractivity contribution in [3.8, 4) is 5.75 Å². The summed E-state index contributed by atoms with van der Waals surface area (Å²) in [4.78, 5) is 12.7. The van der Waals surface area contributed by atoms with Crippen molar-refractivity contribution in [3.05, 3.63) is 52.0 Å². The highest BCUT2D eigenvalue weighted by Gasteiger charge is 2.31. The topological polar surface area (TPSA) is 75.7 Å². The fourth-order valence-corrected chi connectivity index (χ4v) is 4.04. The van der Waals surface area contributed by atoms with Crippen LogP contribution in [0.5, 0.6) is 5.75 Å². The second kappa shape index (κ2) is 8.37. The van der Waals surface area contributed by atoms with Gasteiger partial charge in [0.1, 0.15) is 11.8 Å². The smallest absolute Gasteiger partial charge is 0.247 e. The van der Waals surface area contributed by atoms with Crippen LogP contribution >= 0.6 is 23.2 Å². The predicted molar refractivity (Wildman–Crippen MR) is 110 cm³/mol. The quantitative estimate of drug-likeness (QED) is 0.747. The lowest BCUT2D eigenvalue weighted by Crippen LogP contribution is -2.45. The molecule has 0 unspecified atom stereocenters. The van der Waals surface area contributed by atoms with Crippen LogP contribution in [-0.4, -0.2) is 33.7 Å². The Bertz CT molecular complexity index is 964. The molecule has 146 valence electrons. The fourth-order valence-electron chi connectivity index (χ4n) is 2.57. The van der Waals surface area contributed by atoms with Gasteiger partial charge in [0.05, 0.1) is 29.1 Å². The van der Waals surface area contributed by atoms with E-state index >= 15 is 0 Å². The van der Waals surface area contributed by atoms with E-state index < -0.39 is 22.0 Å². The lowest BCUT2D eigenvalue weighted by molar-refractivity contribution is -0.116. The minimum atomic E-state index is -3.77. The van der Waals surface area contributed by atoms with E-state index in [1.54, 1.807) is 30.3 Å². The molecular formula is C18H20Cl2N2O4S. The van der Waals surface area contributed by atoms with Gasteiger partial charge in [0, 0.05) is 5.69 Å². The zero-order valence-corrected chi connectivity index (χ0v) is 17.6. The van der Waals surface area contributed by atoms with Gasteiger partial charge in [-0.05, 0) is 49.7 Å². The number of aryl methyl sites for hydroxylation is 1. The molecule has 0 saturated heterocycles. The third kappa shape index (κ3) is 5.06. The van der Waals surface area contributed by atoms with Gasteiger partial charge in [-0.2, -0.15) is 0 Å². The summed E-state index contributed by atoms with van der Waals surface area (Å²) in [6, 6.07) is 8.69. The average Bonchev–Trinajstić information content (AvgIpc) is 2.57. The zero-order valence-electron chi connectivity index (χ0n) is 15.3. The second-order valence-electron chi connectivity index (χ2n) is 6.03. The SMILES string of the molecule is COc1ccc(C)cc1N([C@H](C)C(=O)Nc1ccc(Cl)c(Cl)c1)S(C)(=O)=O. The van der Waals surface area contributed by atoms with Gasteiger partial charge in [-0.25, -0.2) is 8.42 Å². The number of amides is 1. The zero-order chi connectivity index (χ0) is 20.4. The molecule has 27 heavy (non-hydrogen) atoms. The van der Waals surface area contributed by atoms with Crippen molar-refractivity contribution >= 4 is 50.5 Å². The number of carbonyl (C=O) groups is 1. The van der Waals surface area contributed by atoms with E-state index in [1.165, 1.54) is 20.1 Å². The van der Waals surface area contributed by atoms with Crippen molar-refractivity contribution < 1.29 is 17.9 Å². The molecule has 0 heterocycles. The van der Waals surface area contributed by atoms with Crippen molar-refractivity contribution in [2.24, 2.45) is 0 Å². The van der Waals surface area contributed by atoms with E-state index in [0.717, 1.165) is 16.1 Å². The molecule has 6 nitrogen and oxygen atoms in total. The molecule has 0 radical (unpaired) electrons. The van der Waals surface area contributed by atoms with Crippen LogP contribution in [0.15, 0.2) is 36.4 Å². The van der Waals surface area contributed by atoms with E-state index in [4.69, 9.17) is 27.9 Å². The molecule has 0 aromatic heterocycles. The Kier molecular flexibility index (Phi) is 6.62. The highest BCUT2D eigenvalue weighted by atomic mass is 35.5. The number of sulfonamides is 1. The lowest BCUT2D eigenvalue weighted by atomic mass is 10.2. The van der Waals surface area contributed by atoms with Gasteiger partial charge in [-0.1, -0.05) is 29.3 Å². The highest BCUT2D eigenvalue weighted by Crippen LogP contribution is 2.33. The summed E-state index contributed by atoms with van der Waals surface area (Å²) in [7, 11) is -2.33. The monoisotopic (exact) mass is 430 g/mol. The first-order valence-electron chi connectivity index (χ1n) is 7.94. The van der Waals surface area contributed by atoms with Gasteiger partial charge in [0.15, 0.2) is 0 Å². The Balaban J connectivity index is 2.41. The number of anilines is 2. The van der Waals surface area contributed by atoms with Gasteiger partial charge in [0.25, 0.3) is 0 Å². The third-order valence-corrected chi connectivity index (χ3v) is 5.81. The molecule has 0 aliphatic carbocycles. The van der Waals surface area contributed by atoms with E-state index in [0.29, 0.717) is 16.5 Å². The lowest BCUT2D eigenvalue weighted by Gasteiger charge is -2.29. The van der Waals surface area contributed by atoms with Crippen molar-refractivity contribution in [1.82, 2.24) is 0 Å². The Hall–Kier alpha value is -1.96. The van der Waals surface area contributed by atoms with Crippen LogP contribution in [0.1, 0.15) is 12.5 Å². The van der Waals surface area contributed by atoms with Crippen LogP contribution in [0, 0.1) is 6.92 Å². The standard InChI is InChI=1S/C18H20Cl2N2O4S/c1-11-5-8-17(26-3)16(9-11)22(27(4,24)25)12(2)18(23)21-13-6-7-14(19)15(20)10-13/h5-10,12H,1-4H3,(H,21,23)/t12-/m1/s1. The molecule has 0 spiro atoms. The van der Waals surface area contributed by atoms with Gasteiger partial charge in [-0.15, -0.1) is 0 Å². The molecule has 2 rings (SSSR count). The number of hydrogen-bond donors (Lipinski definition) is 1. The molecule has 9 heteroatoms. The minimum absolute atomic E-state index is 0.280. The van der Waals surface area contributed by atoms with Crippen LogP contribution in [0.4, 0.5) is 11.4 Å². The van der Waals surface area contributed by atoms with E-state index in [1.807, 2.05) is 6.92 Å². The maximum absolute atomic E-state index is 12.7. The molecule has 2 aromatic rings. The number of nitrogens with zero attached hydrogens (tertiary/aromatic N) is 1. The number of nitrogens with one attached hydrogen (secondary N) is 1. The summed E-state index contributed by atoms with van der Waals surface area (Å²) in [6.45, 7) is 3.32. The highest BCUT2D eigenvalue weighted by molar-refractivity contribution is 7.92. The van der Waals surface area contributed by atoms with Gasteiger partial charge in [0.2, 0.25) is 15.9 Å². The molecule has 0 aliphatic heterocycles. The molecule has 0 saturated carbocycles. The Morgan fingerprint density at radius 2 is 1.81 bits per heavy atom. The molecule has 0 aliphatic rings. The fraction of sp³-hybridized carbons (Fsp3) is 0.278. The maximum atomic E-state index is 12.7. The molecule has 2 aromatic carbocycles. The first-order chi connectivity index (χ1) is 12.5. The Morgan fingerprint density at radius 1 is 1.15 bits per heavy atom. The average molecular weight is 431 g/mol. The van der Waals surface area contributed by atoms with Crippen molar-refractivity contribution in [1.29, 1.82) is 0 Å². The van der Waals surface area contributed by atoms with Gasteiger partial charge in [-0.3, -0.25) is 9.10 Å². The van der Waals surface area contributed by atoms with Crippen LogP contribution in [-0.2, 0) is 14.8 Å². The summed E-state index contributed by atoms with van der Waals surface area (Å²) in [5.74, 6) is -0.178. The molecule has 1 atom stereocenters. The molecule has 1 amide bonds. The van der Waals surface area contributed by atoms with Crippen LogP contribution in [0.3, 0.4) is 0 Å². The number of benzene rings is 2. The number of rotatable bonds is 6. The number of halogens is 2. The molecule has 0 fully saturated rings. The number of ether oxygens (including phenoxy) is 1. The Labute approximate surface area is 169 Å². The third-order valence-electron chi connectivity index (χ3n) is 3.85. The predicted octanol–water partition coefficient (Wildman–Crippen LogP) is 4.10. The van der Waals surface area contributed by atoms with Gasteiger partial charge >= 0.3 is 0 Å². The first kappa shape index (κ1) is 21.3. The summed E-state index contributed by atoms with van der Waals surface area (Å²) in [5, 5.41) is 3.29. The Morgan fingerprint density at radius 3 is 2.37 bits per heavy atom. The summed E-state index contributed by atoms with van der Waals surface area (Å²) in [6.07, 6.45) is 1.04. The maximum Gasteiger partial charge on any atom is 0.247 e. The van der Waals surface area contributed by atoms with E-state index in [2.05, 4.69) is 5.32 Å². The minimum Gasteiger partial charge on any atom is -0.495 e. The van der Waals surface area contributed by atoms with Crippen molar-refractivity contribution in [3.63, 3.8) is 0 Å². The van der Waals surface area contributed by atoms with E-state index in [9.17, 15) is 13.2 Å². The van der Waals surface area contributed by atoms with Crippen LogP contribution < -0.4 is 14.4 Å². The van der Waals surface area contributed by atoms with Crippen molar-refractivity contribution in [2.75, 3.05) is 23.0 Å². The van der Waals surface area contributed by atoms with Gasteiger partial charge < -0.3 is 10.1 Å². The first-order valence-corrected chi connectivity index (χ1v) is 10.5.